The molecule has 0 spiro atoms. The third-order valence-corrected chi connectivity index (χ3v) is 2.16. The third kappa shape index (κ3) is 3.26. The molecule has 0 bridgehead atoms. The van der Waals surface area contributed by atoms with Gasteiger partial charge in [0.05, 0.1) is 5.69 Å². The van der Waals surface area contributed by atoms with Gasteiger partial charge >= 0.3 is 0 Å². The molecule has 0 heterocycles. The van der Waals surface area contributed by atoms with Crippen molar-refractivity contribution in [2.24, 2.45) is 0 Å². The summed E-state index contributed by atoms with van der Waals surface area (Å²) < 4.78 is 0. The zero-order chi connectivity index (χ0) is 10.6. The number of aromatic hydroxyl groups is 1. The summed E-state index contributed by atoms with van der Waals surface area (Å²) >= 11 is 0. The van der Waals surface area contributed by atoms with Gasteiger partial charge in [-0.1, -0.05) is 6.07 Å². The van der Waals surface area contributed by atoms with Crippen LogP contribution in [0.25, 0.3) is 0 Å². The van der Waals surface area contributed by atoms with E-state index in [1.807, 2.05) is 12.1 Å². The molecular formula is C11H18N2O. The van der Waals surface area contributed by atoms with Crippen molar-refractivity contribution >= 4 is 5.69 Å². The largest absolute Gasteiger partial charge is 0.506 e. The van der Waals surface area contributed by atoms with Crippen LogP contribution in [0.1, 0.15) is 12.0 Å². The maximum atomic E-state index is 9.22. The lowest BCUT2D eigenvalue weighted by Gasteiger charge is -2.09. The fraction of sp³-hybridized carbons (Fsp3) is 0.455. The van der Waals surface area contributed by atoms with E-state index in [1.54, 1.807) is 6.07 Å². The van der Waals surface area contributed by atoms with Crippen LogP contribution in [0.3, 0.4) is 0 Å². The Hall–Kier alpha value is -1.22. The smallest absolute Gasteiger partial charge is 0.138 e. The lowest BCUT2D eigenvalue weighted by Crippen LogP contribution is -2.13. The van der Waals surface area contributed by atoms with E-state index in [0.717, 1.165) is 19.4 Å². The quantitative estimate of drug-likeness (QED) is 0.563. The first-order chi connectivity index (χ1) is 6.59. The molecule has 0 aliphatic rings. The van der Waals surface area contributed by atoms with Gasteiger partial charge < -0.3 is 15.7 Å². The first-order valence-corrected chi connectivity index (χ1v) is 4.81. The van der Waals surface area contributed by atoms with Crippen molar-refractivity contribution in [1.29, 1.82) is 0 Å². The average molecular weight is 194 g/mol. The van der Waals surface area contributed by atoms with Crippen molar-refractivity contribution in [3.63, 3.8) is 0 Å². The number of phenolic OH excluding ortho intramolecular Hbond substituents is 1. The number of hydrogen-bond acceptors (Lipinski definition) is 3. The summed E-state index contributed by atoms with van der Waals surface area (Å²) in [5.41, 5.74) is 7.24. The van der Waals surface area contributed by atoms with E-state index in [2.05, 4.69) is 19.0 Å². The van der Waals surface area contributed by atoms with Gasteiger partial charge in [-0.25, -0.2) is 0 Å². The first kappa shape index (κ1) is 10.9. The number of aryl methyl sites for hydroxylation is 1. The zero-order valence-electron chi connectivity index (χ0n) is 8.83. The molecule has 1 rings (SSSR count). The minimum atomic E-state index is 0.168. The Bertz CT molecular complexity index is 297. The van der Waals surface area contributed by atoms with Gasteiger partial charge in [0.15, 0.2) is 0 Å². The Balaban J connectivity index is 2.47. The number of nitrogen functional groups attached to an aromatic ring is 1. The van der Waals surface area contributed by atoms with Crippen molar-refractivity contribution in [3.05, 3.63) is 23.8 Å². The second-order valence-electron chi connectivity index (χ2n) is 3.80. The number of nitrogens with zero attached hydrogens (tertiary/aromatic N) is 1. The van der Waals surface area contributed by atoms with E-state index >= 15 is 0 Å². The maximum absolute atomic E-state index is 9.22. The number of hydrogen-bond donors (Lipinski definition) is 2. The molecule has 0 aliphatic carbocycles. The zero-order valence-corrected chi connectivity index (χ0v) is 8.83. The van der Waals surface area contributed by atoms with Crippen LogP contribution in [0.2, 0.25) is 0 Å². The van der Waals surface area contributed by atoms with Crippen LogP contribution < -0.4 is 5.73 Å². The molecular weight excluding hydrogens is 176 g/mol. The van der Waals surface area contributed by atoms with E-state index in [-0.39, 0.29) is 5.75 Å². The molecule has 78 valence electrons. The van der Waals surface area contributed by atoms with Crippen LogP contribution >= 0.6 is 0 Å². The third-order valence-electron chi connectivity index (χ3n) is 2.16. The van der Waals surface area contributed by atoms with E-state index in [9.17, 15) is 5.11 Å². The van der Waals surface area contributed by atoms with Crippen LogP contribution in [-0.2, 0) is 6.42 Å². The lowest BCUT2D eigenvalue weighted by molar-refractivity contribution is 0.400. The van der Waals surface area contributed by atoms with Gasteiger partial charge in [-0.05, 0) is 51.2 Å². The molecule has 0 amide bonds. The minimum Gasteiger partial charge on any atom is -0.506 e. The molecule has 0 radical (unpaired) electrons. The predicted molar refractivity (Wildman–Crippen MR) is 59.4 cm³/mol. The van der Waals surface area contributed by atoms with Crippen LogP contribution in [0.4, 0.5) is 5.69 Å². The Morgan fingerprint density at radius 1 is 1.36 bits per heavy atom. The fourth-order valence-electron chi connectivity index (χ4n) is 1.36. The Morgan fingerprint density at radius 2 is 2.07 bits per heavy atom. The van der Waals surface area contributed by atoms with Crippen LogP contribution in [0.15, 0.2) is 18.2 Å². The van der Waals surface area contributed by atoms with E-state index in [4.69, 9.17) is 5.73 Å². The molecule has 0 saturated heterocycles. The highest BCUT2D eigenvalue weighted by atomic mass is 16.3. The highest BCUT2D eigenvalue weighted by Crippen LogP contribution is 2.20. The maximum Gasteiger partial charge on any atom is 0.138 e. The molecule has 0 saturated carbocycles. The van der Waals surface area contributed by atoms with Crippen molar-refractivity contribution in [1.82, 2.24) is 4.90 Å². The summed E-state index contributed by atoms with van der Waals surface area (Å²) in [5.74, 6) is 0.168. The van der Waals surface area contributed by atoms with Crippen LogP contribution in [-0.4, -0.2) is 30.6 Å². The van der Waals surface area contributed by atoms with Gasteiger partial charge in [0.25, 0.3) is 0 Å². The Kier molecular flexibility index (Phi) is 3.77. The Morgan fingerprint density at radius 3 is 2.64 bits per heavy atom. The normalized spacial score (nSPS) is 10.8. The van der Waals surface area contributed by atoms with Crippen molar-refractivity contribution < 1.29 is 5.11 Å². The number of nitrogens with two attached hydrogens (primary N) is 1. The second kappa shape index (κ2) is 4.86. The van der Waals surface area contributed by atoms with E-state index in [0.29, 0.717) is 5.69 Å². The van der Waals surface area contributed by atoms with Gasteiger partial charge in [-0.15, -0.1) is 0 Å². The lowest BCUT2D eigenvalue weighted by atomic mass is 10.1. The molecule has 0 unspecified atom stereocenters. The highest BCUT2D eigenvalue weighted by molar-refractivity contribution is 5.53. The van der Waals surface area contributed by atoms with E-state index < -0.39 is 0 Å². The molecule has 0 fully saturated rings. The molecule has 1 aromatic rings. The molecule has 3 N–H and O–H groups in total. The standard InChI is InChI=1S/C11H18N2O/c1-13(2)7-3-4-9-5-6-11(14)10(12)8-9/h5-6,8,14H,3-4,7,12H2,1-2H3. The molecule has 0 aliphatic heterocycles. The van der Waals surface area contributed by atoms with Gasteiger partial charge in [0, 0.05) is 0 Å². The summed E-state index contributed by atoms with van der Waals surface area (Å²) in [6.45, 7) is 1.07. The molecule has 0 aromatic heterocycles. The molecule has 3 nitrogen and oxygen atoms in total. The summed E-state index contributed by atoms with van der Waals surface area (Å²) in [6.07, 6.45) is 2.11. The summed E-state index contributed by atoms with van der Waals surface area (Å²) in [6, 6.07) is 5.41. The SMILES string of the molecule is CN(C)CCCc1ccc(O)c(N)c1. The number of rotatable bonds is 4. The van der Waals surface area contributed by atoms with Crippen molar-refractivity contribution in [2.45, 2.75) is 12.8 Å². The van der Waals surface area contributed by atoms with Crippen LogP contribution in [0.5, 0.6) is 5.75 Å². The fourth-order valence-corrected chi connectivity index (χ4v) is 1.36. The van der Waals surface area contributed by atoms with Crippen LogP contribution in [0, 0.1) is 0 Å². The first-order valence-electron chi connectivity index (χ1n) is 4.81. The number of benzene rings is 1. The van der Waals surface area contributed by atoms with Gasteiger partial charge in [0.2, 0.25) is 0 Å². The van der Waals surface area contributed by atoms with E-state index in [1.165, 1.54) is 5.56 Å². The molecule has 14 heavy (non-hydrogen) atoms. The van der Waals surface area contributed by atoms with Crippen molar-refractivity contribution in [2.75, 3.05) is 26.4 Å². The number of anilines is 1. The summed E-state index contributed by atoms with van der Waals surface area (Å²) in [4.78, 5) is 2.16. The predicted octanol–water partition coefficient (Wildman–Crippen LogP) is 1.47. The summed E-state index contributed by atoms with van der Waals surface area (Å²) in [7, 11) is 4.12. The minimum absolute atomic E-state index is 0.168. The highest BCUT2D eigenvalue weighted by Gasteiger charge is 1.99. The second-order valence-corrected chi connectivity index (χ2v) is 3.80. The monoisotopic (exact) mass is 194 g/mol. The van der Waals surface area contributed by atoms with Gasteiger partial charge in [-0.3, -0.25) is 0 Å². The molecule has 1 aromatic carbocycles. The Labute approximate surface area is 85.2 Å². The van der Waals surface area contributed by atoms with Gasteiger partial charge in [0.1, 0.15) is 5.75 Å². The molecule has 3 heteroatoms. The van der Waals surface area contributed by atoms with Gasteiger partial charge in [-0.2, -0.15) is 0 Å². The van der Waals surface area contributed by atoms with Crippen molar-refractivity contribution in [3.8, 4) is 5.75 Å². The average Bonchev–Trinajstić information content (AvgIpc) is 2.10. The summed E-state index contributed by atoms with van der Waals surface area (Å²) in [5, 5.41) is 9.22. The topological polar surface area (TPSA) is 49.5 Å². The number of phenols is 1. The molecule has 0 atom stereocenters.